The van der Waals surface area contributed by atoms with E-state index in [1.54, 1.807) is 7.11 Å². The van der Waals surface area contributed by atoms with Crippen LogP contribution in [0, 0.1) is 0 Å². The van der Waals surface area contributed by atoms with Gasteiger partial charge in [0.25, 0.3) is 0 Å². The van der Waals surface area contributed by atoms with Crippen molar-refractivity contribution < 1.29 is 9.53 Å². The highest BCUT2D eigenvalue weighted by atomic mass is 16.5. The van der Waals surface area contributed by atoms with Crippen LogP contribution in [0.2, 0.25) is 0 Å². The number of H-pyrrole nitrogens is 1. The highest BCUT2D eigenvalue weighted by Crippen LogP contribution is 2.19. The topological polar surface area (TPSA) is 55.0 Å². The van der Waals surface area contributed by atoms with Crippen molar-refractivity contribution in [2.45, 2.75) is 19.4 Å². The van der Waals surface area contributed by atoms with E-state index in [2.05, 4.69) is 9.97 Å². The van der Waals surface area contributed by atoms with Crippen molar-refractivity contribution in [1.29, 1.82) is 0 Å². The number of aromatic amines is 1. The van der Waals surface area contributed by atoms with Crippen LogP contribution in [0.5, 0.6) is 0 Å². The molecule has 0 saturated carbocycles. The van der Waals surface area contributed by atoms with Crippen LogP contribution >= 0.6 is 0 Å². The fourth-order valence-corrected chi connectivity index (χ4v) is 0.798. The lowest BCUT2D eigenvalue weighted by molar-refractivity contribution is 0.0121. The molecule has 0 unspecified atom stereocenters. The molecule has 1 heterocycles. The second kappa shape index (κ2) is 3.06. The van der Waals surface area contributed by atoms with Crippen LogP contribution in [0.1, 0.15) is 30.2 Å². The first-order valence-corrected chi connectivity index (χ1v) is 3.66. The normalized spacial score (nSPS) is 11.6. The number of carbonyl (C=O) groups is 1. The highest BCUT2D eigenvalue weighted by molar-refractivity contribution is 5.71. The standard InChI is InChI=1S/C8H12N2O2/c1-8(2,12-3)7-9-4-6(5-11)10-7/h4-5H,1-3H3,(H,9,10). The third-order valence-electron chi connectivity index (χ3n) is 1.80. The first-order chi connectivity index (χ1) is 5.60. The first kappa shape index (κ1) is 8.93. The lowest BCUT2D eigenvalue weighted by Gasteiger charge is -2.19. The molecule has 1 aromatic rings. The van der Waals surface area contributed by atoms with Crippen molar-refractivity contribution in [3.63, 3.8) is 0 Å². The average Bonchev–Trinajstić information content (AvgIpc) is 2.52. The van der Waals surface area contributed by atoms with Gasteiger partial charge in [-0.25, -0.2) is 4.98 Å². The zero-order valence-electron chi connectivity index (χ0n) is 7.42. The number of ether oxygens (including phenoxy) is 1. The molecule has 4 nitrogen and oxygen atoms in total. The molecule has 1 rings (SSSR count). The lowest BCUT2D eigenvalue weighted by Crippen LogP contribution is -2.21. The Morgan fingerprint density at radius 3 is 2.75 bits per heavy atom. The largest absolute Gasteiger partial charge is 0.371 e. The van der Waals surface area contributed by atoms with Gasteiger partial charge >= 0.3 is 0 Å². The number of hydrogen-bond acceptors (Lipinski definition) is 3. The maximum atomic E-state index is 10.3. The van der Waals surface area contributed by atoms with Gasteiger partial charge in [0.1, 0.15) is 11.4 Å². The van der Waals surface area contributed by atoms with E-state index >= 15 is 0 Å². The Morgan fingerprint density at radius 2 is 2.33 bits per heavy atom. The SMILES string of the molecule is COC(C)(C)c1ncc(C=O)[nH]1. The Morgan fingerprint density at radius 1 is 1.67 bits per heavy atom. The van der Waals surface area contributed by atoms with Crippen LogP contribution in [0.3, 0.4) is 0 Å². The van der Waals surface area contributed by atoms with E-state index < -0.39 is 5.60 Å². The van der Waals surface area contributed by atoms with Crippen LogP contribution in [0.4, 0.5) is 0 Å². The van der Waals surface area contributed by atoms with Crippen molar-refractivity contribution >= 4 is 6.29 Å². The summed E-state index contributed by atoms with van der Waals surface area (Å²) in [6.45, 7) is 3.75. The summed E-state index contributed by atoms with van der Waals surface area (Å²) in [7, 11) is 1.60. The van der Waals surface area contributed by atoms with Gasteiger partial charge in [0.15, 0.2) is 6.29 Å². The minimum Gasteiger partial charge on any atom is -0.371 e. The zero-order chi connectivity index (χ0) is 9.19. The van der Waals surface area contributed by atoms with E-state index in [-0.39, 0.29) is 0 Å². The van der Waals surface area contributed by atoms with E-state index in [0.29, 0.717) is 11.5 Å². The zero-order valence-corrected chi connectivity index (χ0v) is 7.42. The van der Waals surface area contributed by atoms with Crippen LogP contribution in [-0.2, 0) is 10.3 Å². The molecule has 0 amide bonds. The van der Waals surface area contributed by atoms with Crippen molar-refractivity contribution in [3.8, 4) is 0 Å². The van der Waals surface area contributed by atoms with Crippen LogP contribution in [0.25, 0.3) is 0 Å². The number of aldehydes is 1. The Labute approximate surface area is 71.0 Å². The van der Waals surface area contributed by atoms with Gasteiger partial charge in [-0.2, -0.15) is 0 Å². The second-order valence-corrected chi connectivity index (χ2v) is 3.02. The molecule has 4 heteroatoms. The average molecular weight is 168 g/mol. The quantitative estimate of drug-likeness (QED) is 0.687. The Hall–Kier alpha value is -1.16. The molecule has 0 atom stereocenters. The fourth-order valence-electron chi connectivity index (χ4n) is 0.798. The second-order valence-electron chi connectivity index (χ2n) is 3.02. The molecule has 0 aromatic carbocycles. The van der Waals surface area contributed by atoms with Gasteiger partial charge in [0.05, 0.1) is 11.9 Å². The third kappa shape index (κ3) is 1.53. The number of nitrogens with zero attached hydrogens (tertiary/aromatic N) is 1. The van der Waals surface area contributed by atoms with Gasteiger partial charge in [-0.3, -0.25) is 4.79 Å². The minimum atomic E-state index is -0.471. The summed E-state index contributed by atoms with van der Waals surface area (Å²) in [5, 5.41) is 0. The highest BCUT2D eigenvalue weighted by Gasteiger charge is 2.22. The summed E-state index contributed by atoms with van der Waals surface area (Å²) in [6.07, 6.45) is 2.21. The van der Waals surface area contributed by atoms with Gasteiger partial charge in [-0.15, -0.1) is 0 Å². The Balaban J connectivity index is 2.95. The molecule has 0 fully saturated rings. The molecule has 0 bridgehead atoms. The fraction of sp³-hybridized carbons (Fsp3) is 0.500. The van der Waals surface area contributed by atoms with Crippen molar-refractivity contribution in [1.82, 2.24) is 9.97 Å². The smallest absolute Gasteiger partial charge is 0.167 e. The van der Waals surface area contributed by atoms with Gasteiger partial charge in [0, 0.05) is 7.11 Å². The summed E-state index contributed by atoms with van der Waals surface area (Å²) in [4.78, 5) is 17.2. The molecular weight excluding hydrogens is 156 g/mol. The molecule has 0 spiro atoms. The summed E-state index contributed by atoms with van der Waals surface area (Å²) >= 11 is 0. The molecule has 12 heavy (non-hydrogen) atoms. The van der Waals surface area contributed by atoms with Gasteiger partial charge in [-0.05, 0) is 13.8 Å². The summed E-state index contributed by atoms with van der Waals surface area (Å²) in [5.74, 6) is 0.659. The Kier molecular flexibility index (Phi) is 2.28. The monoisotopic (exact) mass is 168 g/mol. The lowest BCUT2D eigenvalue weighted by atomic mass is 10.1. The van der Waals surface area contributed by atoms with Crippen LogP contribution in [0.15, 0.2) is 6.20 Å². The number of aromatic nitrogens is 2. The molecule has 0 saturated heterocycles. The van der Waals surface area contributed by atoms with Crippen LogP contribution < -0.4 is 0 Å². The van der Waals surface area contributed by atoms with E-state index in [0.717, 1.165) is 6.29 Å². The molecule has 0 radical (unpaired) electrons. The molecule has 1 N–H and O–H groups in total. The van der Waals surface area contributed by atoms with E-state index in [4.69, 9.17) is 4.74 Å². The van der Waals surface area contributed by atoms with Gasteiger partial charge < -0.3 is 9.72 Å². The number of rotatable bonds is 3. The Bertz CT molecular complexity index is 278. The molecule has 66 valence electrons. The minimum absolute atomic E-state index is 0.468. The summed E-state index contributed by atoms with van der Waals surface area (Å²) < 4.78 is 5.17. The maximum absolute atomic E-state index is 10.3. The summed E-state index contributed by atoms with van der Waals surface area (Å²) in [5.41, 5.74) is -0.00326. The number of nitrogens with one attached hydrogen (secondary N) is 1. The first-order valence-electron chi connectivity index (χ1n) is 3.66. The van der Waals surface area contributed by atoms with E-state index in [1.807, 2.05) is 13.8 Å². The molecule has 0 aliphatic carbocycles. The van der Waals surface area contributed by atoms with Crippen LogP contribution in [-0.4, -0.2) is 23.4 Å². The third-order valence-corrected chi connectivity index (χ3v) is 1.80. The van der Waals surface area contributed by atoms with E-state index in [1.165, 1.54) is 6.20 Å². The number of methoxy groups -OCH3 is 1. The van der Waals surface area contributed by atoms with Gasteiger partial charge in [0.2, 0.25) is 0 Å². The number of carbonyl (C=O) groups excluding carboxylic acids is 1. The molecule has 0 aliphatic rings. The number of imidazole rings is 1. The van der Waals surface area contributed by atoms with Crippen molar-refractivity contribution in [3.05, 3.63) is 17.7 Å². The molecule has 1 aromatic heterocycles. The molecule has 0 aliphatic heterocycles. The maximum Gasteiger partial charge on any atom is 0.167 e. The van der Waals surface area contributed by atoms with Gasteiger partial charge in [-0.1, -0.05) is 0 Å². The predicted octanol–water partition coefficient (Wildman–Crippen LogP) is 1.10. The number of hydrogen-bond donors (Lipinski definition) is 1. The van der Waals surface area contributed by atoms with Crippen molar-refractivity contribution in [2.75, 3.05) is 7.11 Å². The summed E-state index contributed by atoms with van der Waals surface area (Å²) in [6, 6.07) is 0. The molecular formula is C8H12N2O2. The van der Waals surface area contributed by atoms with Crippen molar-refractivity contribution in [2.24, 2.45) is 0 Å². The van der Waals surface area contributed by atoms with E-state index in [9.17, 15) is 4.79 Å². The predicted molar refractivity (Wildman–Crippen MR) is 44.0 cm³/mol.